The minimum absolute atomic E-state index is 0.0213. The summed E-state index contributed by atoms with van der Waals surface area (Å²) in [6.07, 6.45) is 0.169. The van der Waals surface area contributed by atoms with Crippen LogP contribution in [0.1, 0.15) is 20.3 Å². The Kier molecular flexibility index (Phi) is 6.31. The molecule has 0 heterocycles. The molecular weight excluding hydrogens is 280 g/mol. The minimum atomic E-state index is -0.338. The normalized spacial score (nSPS) is 10.2. The molecule has 1 aromatic rings. The minimum Gasteiger partial charge on any atom is -0.469 e. The average molecular weight is 299 g/mol. The standard InChI is InChI=1S/C14H19ClN2O3/c1-10(2)17(9-8-13(18)20-3)14(19)16-12-6-4-11(15)5-7-12/h4-7,10H,8-9H2,1-3H3,(H,16,19). The van der Waals surface area contributed by atoms with Crippen molar-refractivity contribution in [1.29, 1.82) is 0 Å². The summed E-state index contributed by atoms with van der Waals surface area (Å²) < 4.78 is 4.58. The van der Waals surface area contributed by atoms with E-state index in [-0.39, 0.29) is 24.5 Å². The maximum absolute atomic E-state index is 12.2. The first-order valence-electron chi connectivity index (χ1n) is 6.34. The average Bonchev–Trinajstić information content (AvgIpc) is 2.41. The van der Waals surface area contributed by atoms with E-state index in [2.05, 4.69) is 10.1 Å². The topological polar surface area (TPSA) is 58.6 Å². The Morgan fingerprint density at radius 3 is 2.40 bits per heavy atom. The van der Waals surface area contributed by atoms with Gasteiger partial charge in [-0.3, -0.25) is 4.79 Å². The van der Waals surface area contributed by atoms with Crippen molar-refractivity contribution in [2.24, 2.45) is 0 Å². The number of anilines is 1. The largest absolute Gasteiger partial charge is 0.469 e. The fourth-order valence-electron chi connectivity index (χ4n) is 1.64. The van der Waals surface area contributed by atoms with E-state index in [0.717, 1.165) is 0 Å². The lowest BCUT2D eigenvalue weighted by Crippen LogP contribution is -2.41. The van der Waals surface area contributed by atoms with E-state index in [1.807, 2.05) is 13.8 Å². The maximum atomic E-state index is 12.2. The highest BCUT2D eigenvalue weighted by Gasteiger charge is 2.18. The molecular formula is C14H19ClN2O3. The van der Waals surface area contributed by atoms with Crippen molar-refractivity contribution < 1.29 is 14.3 Å². The van der Waals surface area contributed by atoms with E-state index < -0.39 is 0 Å². The quantitative estimate of drug-likeness (QED) is 0.850. The number of urea groups is 1. The number of carbonyl (C=O) groups is 2. The summed E-state index contributed by atoms with van der Waals surface area (Å²) in [5, 5.41) is 3.37. The highest BCUT2D eigenvalue weighted by Crippen LogP contribution is 2.14. The molecule has 6 heteroatoms. The summed E-state index contributed by atoms with van der Waals surface area (Å²) in [6.45, 7) is 4.08. The van der Waals surface area contributed by atoms with E-state index >= 15 is 0 Å². The highest BCUT2D eigenvalue weighted by molar-refractivity contribution is 6.30. The lowest BCUT2D eigenvalue weighted by molar-refractivity contribution is -0.140. The van der Waals surface area contributed by atoms with Crippen LogP contribution in [0, 0.1) is 0 Å². The summed E-state index contributed by atoms with van der Waals surface area (Å²) in [6, 6.07) is 6.56. The second-order valence-electron chi connectivity index (χ2n) is 4.55. The van der Waals surface area contributed by atoms with Gasteiger partial charge >= 0.3 is 12.0 Å². The molecule has 0 unspecified atom stereocenters. The Labute approximate surface area is 123 Å². The van der Waals surface area contributed by atoms with Crippen molar-refractivity contribution in [3.63, 3.8) is 0 Å². The number of benzene rings is 1. The molecule has 2 amide bonds. The van der Waals surface area contributed by atoms with Crippen molar-refractivity contribution in [3.8, 4) is 0 Å². The van der Waals surface area contributed by atoms with Crippen LogP contribution in [0.15, 0.2) is 24.3 Å². The van der Waals surface area contributed by atoms with Gasteiger partial charge in [-0.15, -0.1) is 0 Å². The second kappa shape index (κ2) is 7.75. The molecule has 0 aromatic heterocycles. The lowest BCUT2D eigenvalue weighted by atomic mass is 10.3. The Morgan fingerprint density at radius 1 is 1.30 bits per heavy atom. The van der Waals surface area contributed by atoms with Crippen molar-refractivity contribution in [1.82, 2.24) is 4.90 Å². The van der Waals surface area contributed by atoms with E-state index in [1.165, 1.54) is 7.11 Å². The van der Waals surface area contributed by atoms with Crippen LogP contribution in [0.25, 0.3) is 0 Å². The van der Waals surface area contributed by atoms with Crippen molar-refractivity contribution in [2.45, 2.75) is 26.3 Å². The van der Waals surface area contributed by atoms with Gasteiger partial charge in [0.2, 0.25) is 0 Å². The highest BCUT2D eigenvalue weighted by atomic mass is 35.5. The van der Waals surface area contributed by atoms with Crippen molar-refractivity contribution in [3.05, 3.63) is 29.3 Å². The predicted molar refractivity (Wildman–Crippen MR) is 78.9 cm³/mol. The molecule has 0 atom stereocenters. The number of esters is 1. The van der Waals surface area contributed by atoms with Gasteiger partial charge in [0, 0.05) is 23.3 Å². The van der Waals surface area contributed by atoms with Crippen molar-refractivity contribution >= 4 is 29.3 Å². The number of hydrogen-bond donors (Lipinski definition) is 1. The molecule has 5 nitrogen and oxygen atoms in total. The molecule has 0 aliphatic carbocycles. The molecule has 0 aliphatic heterocycles. The summed E-state index contributed by atoms with van der Waals surface area (Å²) >= 11 is 5.79. The number of ether oxygens (including phenoxy) is 1. The second-order valence-corrected chi connectivity index (χ2v) is 4.99. The summed E-state index contributed by atoms with van der Waals surface area (Å²) in [5.74, 6) is -0.338. The van der Waals surface area contributed by atoms with E-state index in [1.54, 1.807) is 29.2 Å². The molecule has 0 spiro atoms. The van der Waals surface area contributed by atoms with Gasteiger partial charge in [-0.25, -0.2) is 4.79 Å². The first kappa shape index (κ1) is 16.3. The van der Waals surface area contributed by atoms with Crippen LogP contribution in [0.4, 0.5) is 10.5 Å². The fraction of sp³-hybridized carbons (Fsp3) is 0.429. The molecule has 1 rings (SSSR count). The van der Waals surface area contributed by atoms with Gasteiger partial charge < -0.3 is 15.0 Å². The number of nitrogens with one attached hydrogen (secondary N) is 1. The molecule has 0 fully saturated rings. The molecule has 20 heavy (non-hydrogen) atoms. The summed E-state index contributed by atoms with van der Waals surface area (Å²) in [4.78, 5) is 24.9. The third-order valence-electron chi connectivity index (χ3n) is 2.76. The maximum Gasteiger partial charge on any atom is 0.322 e. The molecule has 0 bridgehead atoms. The summed E-state index contributed by atoms with van der Waals surface area (Å²) in [7, 11) is 1.33. The molecule has 1 N–H and O–H groups in total. The molecule has 0 saturated heterocycles. The van der Waals surface area contributed by atoms with Gasteiger partial charge in [-0.1, -0.05) is 11.6 Å². The van der Waals surface area contributed by atoms with Gasteiger partial charge in [-0.2, -0.15) is 0 Å². The zero-order chi connectivity index (χ0) is 15.1. The molecule has 0 radical (unpaired) electrons. The van der Waals surface area contributed by atoms with Crippen LogP contribution in [0.2, 0.25) is 5.02 Å². The third kappa shape index (κ3) is 5.09. The van der Waals surface area contributed by atoms with Gasteiger partial charge in [0.15, 0.2) is 0 Å². The van der Waals surface area contributed by atoms with E-state index in [9.17, 15) is 9.59 Å². The SMILES string of the molecule is COC(=O)CCN(C(=O)Nc1ccc(Cl)cc1)C(C)C. The monoisotopic (exact) mass is 298 g/mol. The zero-order valence-corrected chi connectivity index (χ0v) is 12.6. The Balaban J connectivity index is 2.64. The van der Waals surface area contributed by atoms with E-state index in [0.29, 0.717) is 17.3 Å². The smallest absolute Gasteiger partial charge is 0.322 e. The molecule has 0 saturated carbocycles. The number of hydrogen-bond acceptors (Lipinski definition) is 3. The predicted octanol–water partition coefficient (Wildman–Crippen LogP) is 3.15. The van der Waals surface area contributed by atoms with Gasteiger partial charge in [0.05, 0.1) is 13.5 Å². The lowest BCUT2D eigenvalue weighted by Gasteiger charge is -2.26. The summed E-state index contributed by atoms with van der Waals surface area (Å²) in [5.41, 5.74) is 0.656. The first-order valence-corrected chi connectivity index (χ1v) is 6.72. The van der Waals surface area contributed by atoms with Crippen LogP contribution in [-0.2, 0) is 9.53 Å². The number of methoxy groups -OCH3 is 1. The number of rotatable bonds is 5. The Bertz CT molecular complexity index is 460. The number of nitrogens with zero attached hydrogens (tertiary/aromatic N) is 1. The van der Waals surface area contributed by atoms with Crippen LogP contribution in [0.3, 0.4) is 0 Å². The number of halogens is 1. The number of amides is 2. The van der Waals surface area contributed by atoms with Crippen molar-refractivity contribution in [2.75, 3.05) is 19.0 Å². The van der Waals surface area contributed by atoms with Gasteiger partial charge in [-0.05, 0) is 38.1 Å². The van der Waals surface area contributed by atoms with E-state index in [4.69, 9.17) is 11.6 Å². The first-order chi connectivity index (χ1) is 9.43. The van der Waals surface area contributed by atoms with Gasteiger partial charge in [0.1, 0.15) is 0 Å². The Hall–Kier alpha value is -1.75. The fourth-order valence-corrected chi connectivity index (χ4v) is 1.76. The van der Waals surface area contributed by atoms with Gasteiger partial charge in [0.25, 0.3) is 0 Å². The zero-order valence-electron chi connectivity index (χ0n) is 11.9. The molecule has 0 aliphatic rings. The van der Waals surface area contributed by atoms with Crippen LogP contribution in [-0.4, -0.2) is 36.6 Å². The van der Waals surface area contributed by atoms with Crippen LogP contribution < -0.4 is 5.32 Å². The van der Waals surface area contributed by atoms with Crippen LogP contribution >= 0.6 is 11.6 Å². The molecule has 1 aromatic carbocycles. The third-order valence-corrected chi connectivity index (χ3v) is 3.02. The van der Waals surface area contributed by atoms with Crippen LogP contribution in [0.5, 0.6) is 0 Å². The number of carbonyl (C=O) groups excluding carboxylic acids is 2. The molecule has 110 valence electrons. The Morgan fingerprint density at radius 2 is 1.90 bits per heavy atom.